The van der Waals surface area contributed by atoms with Crippen molar-refractivity contribution in [2.24, 2.45) is 0 Å². The van der Waals surface area contributed by atoms with Crippen molar-refractivity contribution in [1.82, 2.24) is 0 Å². The van der Waals surface area contributed by atoms with Crippen molar-refractivity contribution < 1.29 is 4.74 Å². The molecule has 1 heteroatoms. The van der Waals surface area contributed by atoms with Gasteiger partial charge in [0.1, 0.15) is 0 Å². The molecule has 4 aromatic carbocycles. The zero-order valence-electron chi connectivity index (χ0n) is 15.3. The fourth-order valence-electron chi connectivity index (χ4n) is 4.24. The van der Waals surface area contributed by atoms with E-state index in [0.717, 1.165) is 0 Å². The summed E-state index contributed by atoms with van der Waals surface area (Å²) in [6.45, 7) is 0.627. The maximum absolute atomic E-state index is 5.45. The lowest BCUT2D eigenvalue weighted by atomic mass is 9.93. The molecule has 0 unspecified atom stereocenters. The van der Waals surface area contributed by atoms with E-state index in [4.69, 9.17) is 4.74 Å². The first kappa shape index (κ1) is 16.0. The van der Waals surface area contributed by atoms with E-state index in [1.54, 1.807) is 7.11 Å². The van der Waals surface area contributed by atoms with Gasteiger partial charge in [0.2, 0.25) is 0 Å². The van der Waals surface area contributed by atoms with Crippen LogP contribution in [0.2, 0.25) is 0 Å². The second-order valence-electron chi connectivity index (χ2n) is 6.92. The number of methoxy groups -OCH3 is 1. The van der Waals surface area contributed by atoms with Crippen molar-refractivity contribution in [3.63, 3.8) is 0 Å². The quantitative estimate of drug-likeness (QED) is 0.370. The zero-order valence-corrected chi connectivity index (χ0v) is 15.3. The number of benzene rings is 4. The van der Waals surface area contributed by atoms with Gasteiger partial charge in [-0.1, -0.05) is 91.0 Å². The zero-order chi connectivity index (χ0) is 18.2. The van der Waals surface area contributed by atoms with E-state index in [1.165, 1.54) is 49.7 Å². The van der Waals surface area contributed by atoms with E-state index in [2.05, 4.69) is 91.0 Å². The van der Waals surface area contributed by atoms with Crippen LogP contribution in [-0.4, -0.2) is 7.11 Å². The van der Waals surface area contributed by atoms with Crippen molar-refractivity contribution >= 4 is 21.9 Å². The van der Waals surface area contributed by atoms with Crippen LogP contribution in [0.3, 0.4) is 0 Å². The molecule has 0 spiro atoms. The molecule has 0 fully saturated rings. The molecule has 4 aromatic rings. The summed E-state index contributed by atoms with van der Waals surface area (Å²) in [7, 11) is 1.76. The van der Waals surface area contributed by atoms with Crippen LogP contribution in [0.25, 0.3) is 21.9 Å². The minimum absolute atomic E-state index is 0.627. The fraction of sp³-hybridized carbons (Fsp3) is 0.0769. The maximum atomic E-state index is 5.45. The van der Waals surface area contributed by atoms with Gasteiger partial charge in [-0.2, -0.15) is 0 Å². The average molecular weight is 348 g/mol. The SMILES string of the molecule is COCc1ccc2c3c(cccc13)C(c1ccccc1)=C2c1ccccc1. The Kier molecular flexibility index (Phi) is 3.88. The Labute approximate surface area is 159 Å². The minimum Gasteiger partial charge on any atom is -0.380 e. The summed E-state index contributed by atoms with van der Waals surface area (Å²) in [5, 5.41) is 2.62. The Bertz CT molecular complexity index is 1100. The molecule has 0 saturated heterocycles. The summed E-state index contributed by atoms with van der Waals surface area (Å²) in [4.78, 5) is 0. The molecular formula is C26H20O. The van der Waals surface area contributed by atoms with E-state index in [1.807, 2.05) is 0 Å². The van der Waals surface area contributed by atoms with E-state index in [9.17, 15) is 0 Å². The van der Waals surface area contributed by atoms with Gasteiger partial charge in [-0.05, 0) is 49.7 Å². The van der Waals surface area contributed by atoms with Gasteiger partial charge < -0.3 is 4.74 Å². The first-order chi connectivity index (χ1) is 13.4. The van der Waals surface area contributed by atoms with Crippen LogP contribution in [-0.2, 0) is 11.3 Å². The normalized spacial score (nSPS) is 12.8. The monoisotopic (exact) mass is 348 g/mol. The maximum Gasteiger partial charge on any atom is 0.0719 e. The molecule has 1 nitrogen and oxygen atoms in total. The summed E-state index contributed by atoms with van der Waals surface area (Å²) in [5.74, 6) is 0. The molecule has 0 N–H and O–H groups in total. The van der Waals surface area contributed by atoms with Gasteiger partial charge >= 0.3 is 0 Å². The Morgan fingerprint density at radius 3 is 1.78 bits per heavy atom. The van der Waals surface area contributed by atoms with E-state index < -0.39 is 0 Å². The van der Waals surface area contributed by atoms with E-state index in [0.29, 0.717) is 6.61 Å². The highest BCUT2D eigenvalue weighted by molar-refractivity contribution is 6.21. The van der Waals surface area contributed by atoms with Crippen molar-refractivity contribution in [2.75, 3.05) is 7.11 Å². The third-order valence-corrected chi connectivity index (χ3v) is 5.34. The van der Waals surface area contributed by atoms with Gasteiger partial charge in [0.25, 0.3) is 0 Å². The summed E-state index contributed by atoms with van der Waals surface area (Å²) in [6, 6.07) is 32.5. The van der Waals surface area contributed by atoms with E-state index in [-0.39, 0.29) is 0 Å². The Morgan fingerprint density at radius 1 is 0.593 bits per heavy atom. The van der Waals surface area contributed by atoms with Crippen LogP contribution in [0.1, 0.15) is 27.8 Å². The minimum atomic E-state index is 0.627. The highest BCUT2D eigenvalue weighted by Gasteiger charge is 2.26. The third-order valence-electron chi connectivity index (χ3n) is 5.34. The van der Waals surface area contributed by atoms with Crippen molar-refractivity contribution in [2.45, 2.75) is 6.61 Å². The number of rotatable bonds is 4. The van der Waals surface area contributed by atoms with Crippen LogP contribution in [0.15, 0.2) is 91.0 Å². The van der Waals surface area contributed by atoms with Crippen molar-refractivity contribution in [1.29, 1.82) is 0 Å². The molecule has 0 heterocycles. The predicted molar refractivity (Wildman–Crippen MR) is 113 cm³/mol. The molecule has 0 aromatic heterocycles. The summed E-state index contributed by atoms with van der Waals surface area (Å²) in [6.07, 6.45) is 0. The highest BCUT2D eigenvalue weighted by atomic mass is 16.5. The smallest absolute Gasteiger partial charge is 0.0719 e. The molecule has 0 saturated carbocycles. The van der Waals surface area contributed by atoms with Crippen molar-refractivity contribution in [3.05, 3.63) is 119 Å². The molecule has 0 radical (unpaired) electrons. The Hall–Kier alpha value is -3.16. The summed E-state index contributed by atoms with van der Waals surface area (Å²) >= 11 is 0. The molecule has 27 heavy (non-hydrogen) atoms. The fourth-order valence-corrected chi connectivity index (χ4v) is 4.24. The Balaban J connectivity index is 1.88. The second-order valence-corrected chi connectivity index (χ2v) is 6.92. The molecule has 0 aliphatic heterocycles. The molecule has 1 aliphatic carbocycles. The van der Waals surface area contributed by atoms with E-state index >= 15 is 0 Å². The summed E-state index contributed by atoms with van der Waals surface area (Å²) < 4.78 is 5.45. The standard InChI is InChI=1S/C26H20O/c1-27-17-20-15-16-23-25(19-11-6-3-7-12-19)24(18-9-4-2-5-10-18)22-14-8-13-21(20)26(22)23/h2-16H,17H2,1H3. The molecular weight excluding hydrogens is 328 g/mol. The largest absolute Gasteiger partial charge is 0.380 e. The summed E-state index contributed by atoms with van der Waals surface area (Å²) in [5.41, 5.74) is 9.01. The molecule has 0 amide bonds. The highest BCUT2D eigenvalue weighted by Crippen LogP contribution is 2.48. The molecule has 5 rings (SSSR count). The second kappa shape index (κ2) is 6.53. The van der Waals surface area contributed by atoms with Gasteiger partial charge in [0, 0.05) is 7.11 Å². The number of hydrogen-bond acceptors (Lipinski definition) is 1. The Morgan fingerprint density at radius 2 is 1.19 bits per heavy atom. The topological polar surface area (TPSA) is 9.23 Å². The van der Waals surface area contributed by atoms with Crippen LogP contribution in [0.5, 0.6) is 0 Å². The molecule has 1 aliphatic rings. The van der Waals surface area contributed by atoms with Gasteiger partial charge in [-0.3, -0.25) is 0 Å². The van der Waals surface area contributed by atoms with Crippen LogP contribution in [0, 0.1) is 0 Å². The van der Waals surface area contributed by atoms with Crippen LogP contribution >= 0.6 is 0 Å². The lowest BCUT2D eigenvalue weighted by molar-refractivity contribution is 0.186. The van der Waals surface area contributed by atoms with Crippen LogP contribution < -0.4 is 0 Å². The number of hydrogen-bond donors (Lipinski definition) is 0. The molecule has 130 valence electrons. The third kappa shape index (κ3) is 2.51. The average Bonchev–Trinajstić information content (AvgIpc) is 3.07. The molecule has 0 bridgehead atoms. The van der Waals surface area contributed by atoms with Gasteiger partial charge in [0.05, 0.1) is 6.61 Å². The van der Waals surface area contributed by atoms with Crippen molar-refractivity contribution in [3.8, 4) is 0 Å². The van der Waals surface area contributed by atoms with Gasteiger partial charge in [0.15, 0.2) is 0 Å². The molecule has 0 atom stereocenters. The van der Waals surface area contributed by atoms with Gasteiger partial charge in [-0.25, -0.2) is 0 Å². The van der Waals surface area contributed by atoms with Gasteiger partial charge in [-0.15, -0.1) is 0 Å². The lowest BCUT2D eigenvalue weighted by Crippen LogP contribution is -1.92. The predicted octanol–water partition coefficient (Wildman–Crippen LogP) is 6.31. The van der Waals surface area contributed by atoms with Crippen LogP contribution in [0.4, 0.5) is 0 Å². The first-order valence-corrected chi connectivity index (χ1v) is 9.28. The first-order valence-electron chi connectivity index (χ1n) is 9.28. The lowest BCUT2D eigenvalue weighted by Gasteiger charge is -2.11. The number of ether oxygens (including phenoxy) is 1.